The zero-order valence-corrected chi connectivity index (χ0v) is 14.4. The Balaban J connectivity index is 1.58. The van der Waals surface area contributed by atoms with Gasteiger partial charge in [0.05, 0.1) is 16.5 Å². The molecule has 2 aromatic carbocycles. The minimum absolute atomic E-state index is 0.154. The lowest BCUT2D eigenvalue weighted by Gasteiger charge is -2.05. The molecule has 0 atom stereocenters. The van der Waals surface area contributed by atoms with E-state index in [-0.39, 0.29) is 11.7 Å². The highest BCUT2D eigenvalue weighted by Crippen LogP contribution is 2.23. The molecule has 7 heteroatoms. The Bertz CT molecular complexity index is 849. The Morgan fingerprint density at radius 3 is 2.71 bits per heavy atom. The molecular formula is C17H14ClN3O2S. The van der Waals surface area contributed by atoms with E-state index in [9.17, 15) is 4.79 Å². The summed E-state index contributed by atoms with van der Waals surface area (Å²) in [6.45, 7) is 2.01. The Labute approximate surface area is 148 Å². The van der Waals surface area contributed by atoms with Crippen LogP contribution in [0.5, 0.6) is 0 Å². The number of benzene rings is 2. The standard InChI is InChI=1S/C17H14ClN3O2S/c1-11-6-8-12(9-7-11)16-20-17(23-21-16)24-10-15(22)19-14-5-3-2-4-13(14)18/h2-9H,10H2,1H3,(H,19,22). The Kier molecular flexibility index (Phi) is 5.17. The number of hydrogen-bond donors (Lipinski definition) is 1. The van der Waals surface area contributed by atoms with E-state index in [1.807, 2.05) is 31.2 Å². The smallest absolute Gasteiger partial charge is 0.286 e. The molecule has 0 aliphatic rings. The predicted octanol–water partition coefficient (Wildman–Crippen LogP) is 4.43. The lowest BCUT2D eigenvalue weighted by molar-refractivity contribution is -0.113. The lowest BCUT2D eigenvalue weighted by atomic mass is 10.1. The number of aromatic nitrogens is 2. The number of rotatable bonds is 5. The van der Waals surface area contributed by atoms with Gasteiger partial charge in [-0.25, -0.2) is 0 Å². The third-order valence-electron chi connectivity index (χ3n) is 3.19. The van der Waals surface area contributed by atoms with E-state index >= 15 is 0 Å². The van der Waals surface area contributed by atoms with Gasteiger partial charge in [0.25, 0.3) is 5.22 Å². The van der Waals surface area contributed by atoms with Crippen LogP contribution in [0.3, 0.4) is 0 Å². The summed E-state index contributed by atoms with van der Waals surface area (Å²) in [4.78, 5) is 16.3. The molecule has 1 amide bonds. The first-order valence-electron chi connectivity index (χ1n) is 7.20. The van der Waals surface area contributed by atoms with Crippen LogP contribution in [0.25, 0.3) is 11.4 Å². The molecule has 0 bridgehead atoms. The van der Waals surface area contributed by atoms with Gasteiger partial charge in [0.2, 0.25) is 11.7 Å². The van der Waals surface area contributed by atoms with Crippen molar-refractivity contribution in [1.82, 2.24) is 10.1 Å². The third-order valence-corrected chi connectivity index (χ3v) is 4.34. The number of amides is 1. The quantitative estimate of drug-likeness (QED) is 0.682. The number of anilines is 1. The lowest BCUT2D eigenvalue weighted by Crippen LogP contribution is -2.14. The average molecular weight is 360 g/mol. The summed E-state index contributed by atoms with van der Waals surface area (Å²) in [7, 11) is 0. The van der Waals surface area contributed by atoms with E-state index in [1.54, 1.807) is 24.3 Å². The van der Waals surface area contributed by atoms with Crippen LogP contribution >= 0.6 is 23.4 Å². The van der Waals surface area contributed by atoms with E-state index in [4.69, 9.17) is 16.1 Å². The molecule has 0 aliphatic heterocycles. The number of nitrogens with one attached hydrogen (secondary N) is 1. The van der Waals surface area contributed by atoms with Gasteiger partial charge >= 0.3 is 0 Å². The fraction of sp³-hybridized carbons (Fsp3) is 0.118. The number of thioether (sulfide) groups is 1. The SMILES string of the molecule is Cc1ccc(-c2noc(SCC(=O)Nc3ccccc3Cl)n2)cc1. The van der Waals surface area contributed by atoms with Crippen LogP contribution < -0.4 is 5.32 Å². The maximum Gasteiger partial charge on any atom is 0.286 e. The second-order valence-electron chi connectivity index (χ2n) is 5.07. The predicted molar refractivity (Wildman–Crippen MR) is 95.3 cm³/mol. The number of para-hydroxylation sites is 1. The number of carbonyl (C=O) groups is 1. The molecule has 0 saturated heterocycles. The van der Waals surface area contributed by atoms with Gasteiger partial charge < -0.3 is 9.84 Å². The van der Waals surface area contributed by atoms with Crippen LogP contribution in [-0.4, -0.2) is 21.8 Å². The zero-order valence-electron chi connectivity index (χ0n) is 12.8. The average Bonchev–Trinajstić information content (AvgIpc) is 3.05. The molecular weight excluding hydrogens is 346 g/mol. The zero-order chi connectivity index (χ0) is 16.9. The van der Waals surface area contributed by atoms with Crippen molar-refractivity contribution in [3.8, 4) is 11.4 Å². The first kappa shape index (κ1) is 16.5. The summed E-state index contributed by atoms with van der Waals surface area (Å²) < 4.78 is 5.17. The normalized spacial score (nSPS) is 10.6. The summed E-state index contributed by atoms with van der Waals surface area (Å²) in [6.07, 6.45) is 0. The molecule has 1 aromatic heterocycles. The monoisotopic (exact) mass is 359 g/mol. The highest BCUT2D eigenvalue weighted by atomic mass is 35.5. The van der Waals surface area contributed by atoms with Gasteiger partial charge in [-0.05, 0) is 19.1 Å². The van der Waals surface area contributed by atoms with Crippen molar-refractivity contribution in [2.24, 2.45) is 0 Å². The van der Waals surface area contributed by atoms with Gasteiger partial charge in [-0.3, -0.25) is 4.79 Å². The van der Waals surface area contributed by atoms with Crippen molar-refractivity contribution >= 4 is 35.0 Å². The second kappa shape index (κ2) is 7.51. The van der Waals surface area contributed by atoms with Crippen molar-refractivity contribution in [3.63, 3.8) is 0 Å². The number of nitrogens with zero attached hydrogens (tertiary/aromatic N) is 2. The highest BCUT2D eigenvalue weighted by Gasteiger charge is 2.12. The molecule has 0 unspecified atom stereocenters. The molecule has 0 spiro atoms. The van der Waals surface area contributed by atoms with Crippen molar-refractivity contribution < 1.29 is 9.32 Å². The van der Waals surface area contributed by atoms with E-state index in [2.05, 4.69) is 15.5 Å². The van der Waals surface area contributed by atoms with Crippen LogP contribution in [0.4, 0.5) is 5.69 Å². The maximum absolute atomic E-state index is 12.0. The summed E-state index contributed by atoms with van der Waals surface area (Å²) in [6, 6.07) is 14.9. The van der Waals surface area contributed by atoms with Gasteiger partial charge in [-0.1, -0.05) is 70.5 Å². The minimum Gasteiger partial charge on any atom is -0.327 e. The van der Waals surface area contributed by atoms with Crippen LogP contribution in [-0.2, 0) is 4.79 Å². The number of hydrogen-bond acceptors (Lipinski definition) is 5. The summed E-state index contributed by atoms with van der Waals surface area (Å²) in [5, 5.41) is 7.52. The molecule has 1 heterocycles. The fourth-order valence-electron chi connectivity index (χ4n) is 1.96. The van der Waals surface area contributed by atoms with Gasteiger partial charge in [-0.2, -0.15) is 4.98 Å². The molecule has 0 fully saturated rings. The third kappa shape index (κ3) is 4.15. The van der Waals surface area contributed by atoms with Crippen LogP contribution in [0, 0.1) is 6.92 Å². The van der Waals surface area contributed by atoms with Gasteiger partial charge in [0, 0.05) is 5.56 Å². The fourth-order valence-corrected chi connectivity index (χ4v) is 2.71. The van der Waals surface area contributed by atoms with E-state index < -0.39 is 0 Å². The van der Waals surface area contributed by atoms with Crippen molar-refractivity contribution in [1.29, 1.82) is 0 Å². The summed E-state index contributed by atoms with van der Waals surface area (Å²) in [5.41, 5.74) is 2.61. The van der Waals surface area contributed by atoms with Gasteiger partial charge in [-0.15, -0.1) is 0 Å². The molecule has 3 rings (SSSR count). The molecule has 0 saturated carbocycles. The highest BCUT2D eigenvalue weighted by molar-refractivity contribution is 7.99. The van der Waals surface area contributed by atoms with Gasteiger partial charge in [0.1, 0.15) is 0 Å². The largest absolute Gasteiger partial charge is 0.327 e. The van der Waals surface area contributed by atoms with Crippen molar-refractivity contribution in [3.05, 3.63) is 59.1 Å². The first-order valence-corrected chi connectivity index (χ1v) is 8.56. The molecule has 1 N–H and O–H groups in total. The van der Waals surface area contributed by atoms with E-state index in [1.165, 1.54) is 11.8 Å². The molecule has 24 heavy (non-hydrogen) atoms. The van der Waals surface area contributed by atoms with E-state index in [0.717, 1.165) is 11.1 Å². The van der Waals surface area contributed by atoms with Crippen LogP contribution in [0.1, 0.15) is 5.56 Å². The van der Waals surface area contributed by atoms with Crippen LogP contribution in [0.2, 0.25) is 5.02 Å². The van der Waals surface area contributed by atoms with Gasteiger partial charge in [0.15, 0.2) is 0 Å². The number of aryl methyl sites for hydroxylation is 1. The maximum atomic E-state index is 12.0. The minimum atomic E-state index is -0.191. The first-order chi connectivity index (χ1) is 11.6. The number of carbonyl (C=O) groups excluding carboxylic acids is 1. The number of halogens is 1. The molecule has 5 nitrogen and oxygen atoms in total. The van der Waals surface area contributed by atoms with Crippen LogP contribution in [0.15, 0.2) is 58.3 Å². The molecule has 0 radical (unpaired) electrons. The summed E-state index contributed by atoms with van der Waals surface area (Å²) in [5.74, 6) is 0.466. The second-order valence-corrected chi connectivity index (χ2v) is 6.40. The van der Waals surface area contributed by atoms with E-state index in [0.29, 0.717) is 21.8 Å². The Morgan fingerprint density at radius 1 is 1.21 bits per heavy atom. The van der Waals surface area contributed by atoms with Crippen molar-refractivity contribution in [2.45, 2.75) is 12.1 Å². The summed E-state index contributed by atoms with van der Waals surface area (Å²) >= 11 is 7.18. The molecule has 122 valence electrons. The molecule has 3 aromatic rings. The Morgan fingerprint density at radius 2 is 1.96 bits per heavy atom. The molecule has 0 aliphatic carbocycles. The topological polar surface area (TPSA) is 68.0 Å². The Hall–Kier alpha value is -2.31. The van der Waals surface area contributed by atoms with Crippen molar-refractivity contribution in [2.75, 3.05) is 11.1 Å².